The maximum absolute atomic E-state index is 13.7. The van der Waals surface area contributed by atoms with Gasteiger partial charge in [-0.15, -0.1) is 0 Å². The molecule has 2 N–H and O–H groups in total. The molecule has 2 aliphatic heterocycles. The summed E-state index contributed by atoms with van der Waals surface area (Å²) in [6.07, 6.45) is -3.83. The minimum absolute atomic E-state index is 0.0442. The molecule has 2 aromatic rings. The number of aromatic nitrogens is 1. The number of ether oxygens (including phenoxy) is 1. The third-order valence-corrected chi connectivity index (χ3v) is 7.30. The Morgan fingerprint density at radius 3 is 2.22 bits per heavy atom. The van der Waals surface area contributed by atoms with Gasteiger partial charge in [0, 0.05) is 51.0 Å². The van der Waals surface area contributed by atoms with E-state index in [4.69, 9.17) is 24.5 Å². The van der Waals surface area contributed by atoms with Gasteiger partial charge in [-0.1, -0.05) is 6.07 Å². The quantitative estimate of drug-likeness (QED) is 0.487. The van der Waals surface area contributed by atoms with E-state index in [-0.39, 0.29) is 11.8 Å². The van der Waals surface area contributed by atoms with Gasteiger partial charge in [0.2, 0.25) is 0 Å². The summed E-state index contributed by atoms with van der Waals surface area (Å²) in [4.78, 5) is 40.2. The van der Waals surface area contributed by atoms with Crippen molar-refractivity contribution in [3.63, 3.8) is 0 Å². The minimum Gasteiger partial charge on any atom is -0.475 e. The molecule has 2 aromatic heterocycles. The first kappa shape index (κ1) is 32.3. The van der Waals surface area contributed by atoms with E-state index in [1.54, 1.807) is 17.5 Å². The summed E-state index contributed by atoms with van der Waals surface area (Å²) in [5.41, 5.74) is 1.55. The van der Waals surface area contributed by atoms with E-state index in [9.17, 15) is 31.1 Å². The number of thiophene rings is 1. The molecule has 0 radical (unpaired) electrons. The third-order valence-electron chi connectivity index (χ3n) is 6.57. The highest BCUT2D eigenvalue weighted by atomic mass is 32.1. The van der Waals surface area contributed by atoms with Crippen LogP contribution in [0.2, 0.25) is 0 Å². The molecule has 2 atom stereocenters. The molecular weight excluding hydrogens is 584 g/mol. The fourth-order valence-corrected chi connectivity index (χ4v) is 5.22. The van der Waals surface area contributed by atoms with Gasteiger partial charge in [-0.25, -0.2) is 9.59 Å². The minimum atomic E-state index is -5.08. The third kappa shape index (κ3) is 8.87. The highest BCUT2D eigenvalue weighted by molar-refractivity contribution is 7.07. The first-order valence-electron chi connectivity index (χ1n) is 12.3. The lowest BCUT2D eigenvalue weighted by Gasteiger charge is -2.42. The Morgan fingerprint density at radius 2 is 1.73 bits per heavy atom. The molecule has 226 valence electrons. The molecule has 41 heavy (non-hydrogen) atoms. The van der Waals surface area contributed by atoms with Crippen LogP contribution in [0.4, 0.5) is 26.3 Å². The Hall–Kier alpha value is -3.24. The number of nitrogens with zero attached hydrogens (tertiary/aromatic N) is 3. The van der Waals surface area contributed by atoms with Crippen molar-refractivity contribution in [3.8, 4) is 0 Å². The summed E-state index contributed by atoms with van der Waals surface area (Å²) in [7, 11) is 0. The normalized spacial score (nSPS) is 22.9. The highest BCUT2D eigenvalue weighted by Crippen LogP contribution is 2.43. The zero-order valence-electron chi connectivity index (χ0n) is 21.4. The largest absolute Gasteiger partial charge is 0.490 e. The Balaban J connectivity index is 0.000000276. The number of carboxylic acids is 2. The number of hydrogen-bond acceptors (Lipinski definition) is 7. The molecule has 0 bridgehead atoms. The number of pyridine rings is 1. The summed E-state index contributed by atoms with van der Waals surface area (Å²) in [6, 6.07) is 6.16. The van der Waals surface area contributed by atoms with Gasteiger partial charge in [-0.2, -0.15) is 37.7 Å². The van der Waals surface area contributed by atoms with Crippen LogP contribution in [0.1, 0.15) is 29.9 Å². The molecule has 9 nitrogen and oxygen atoms in total. The summed E-state index contributed by atoms with van der Waals surface area (Å²) in [6.45, 7) is 4.60. The molecule has 16 heteroatoms. The lowest BCUT2D eigenvalue weighted by atomic mass is 9.83. The van der Waals surface area contributed by atoms with Gasteiger partial charge in [0.1, 0.15) is 0 Å². The zero-order chi connectivity index (χ0) is 30.4. The Labute approximate surface area is 234 Å². The van der Waals surface area contributed by atoms with E-state index in [1.165, 1.54) is 18.4 Å². The van der Waals surface area contributed by atoms with E-state index >= 15 is 0 Å². The highest BCUT2D eigenvalue weighted by Gasteiger charge is 2.57. The molecule has 0 aromatic carbocycles. The lowest BCUT2D eigenvalue weighted by molar-refractivity contribution is -0.193. The van der Waals surface area contributed by atoms with Gasteiger partial charge < -0.3 is 19.8 Å². The first-order valence-corrected chi connectivity index (χ1v) is 13.2. The predicted octanol–water partition coefficient (Wildman–Crippen LogP) is 4.02. The molecular formula is C25H27F6N3O6S. The maximum Gasteiger partial charge on any atom is 0.490 e. The molecule has 2 saturated heterocycles. The number of alkyl halides is 6. The van der Waals surface area contributed by atoms with Crippen LogP contribution < -0.4 is 0 Å². The van der Waals surface area contributed by atoms with Crippen molar-refractivity contribution in [1.29, 1.82) is 0 Å². The first-order chi connectivity index (χ1) is 19.1. The number of amides is 1. The van der Waals surface area contributed by atoms with Crippen LogP contribution in [0, 0.1) is 5.92 Å². The van der Waals surface area contributed by atoms with Gasteiger partial charge in [0.25, 0.3) is 5.91 Å². The van der Waals surface area contributed by atoms with Gasteiger partial charge in [-0.3, -0.25) is 14.7 Å². The van der Waals surface area contributed by atoms with E-state index in [1.807, 2.05) is 17.2 Å². The van der Waals surface area contributed by atoms with Gasteiger partial charge in [0.05, 0.1) is 6.61 Å². The lowest BCUT2D eigenvalue weighted by Crippen LogP contribution is -2.60. The van der Waals surface area contributed by atoms with E-state index in [0.717, 1.165) is 24.6 Å². The number of halogens is 6. The molecule has 3 aliphatic rings. The van der Waals surface area contributed by atoms with Crippen molar-refractivity contribution in [2.75, 3.05) is 32.8 Å². The average Bonchev–Trinajstić information content (AvgIpc) is 3.41. The standard InChI is InChI=1S/C21H25N3O2S.2C2HF3O2/c25-20-21(26-8-7-24(20)12-17-5-9-27-14-17)15-23(11-16-3-4-16)13-19(21)18-2-1-6-22-10-18;2*3-2(4,5)1(6)7/h1-2,5-6,9-10,14,16,19H,3-4,7-8,11-13,15H2;2*(H,6,7). The van der Waals surface area contributed by atoms with Crippen LogP contribution in [-0.2, 0) is 25.7 Å². The number of carboxylic acid groups (broad SMARTS) is 2. The van der Waals surface area contributed by atoms with Crippen molar-refractivity contribution < 1.29 is 55.7 Å². The molecule has 1 saturated carbocycles. The Kier molecular flexibility index (Phi) is 10.4. The summed E-state index contributed by atoms with van der Waals surface area (Å²) in [5, 5.41) is 18.4. The number of morpholine rings is 1. The van der Waals surface area contributed by atoms with Crippen molar-refractivity contribution in [2.45, 2.75) is 43.3 Å². The smallest absolute Gasteiger partial charge is 0.475 e. The summed E-state index contributed by atoms with van der Waals surface area (Å²) >= 11 is 1.68. The summed E-state index contributed by atoms with van der Waals surface area (Å²) < 4.78 is 69.8. The Morgan fingerprint density at radius 1 is 1.10 bits per heavy atom. The van der Waals surface area contributed by atoms with Crippen molar-refractivity contribution in [3.05, 3.63) is 52.5 Å². The Bertz CT molecular complexity index is 1150. The van der Waals surface area contributed by atoms with Crippen LogP contribution in [0.15, 0.2) is 41.4 Å². The van der Waals surface area contributed by atoms with Crippen LogP contribution in [0.25, 0.3) is 0 Å². The number of aliphatic carboxylic acids is 2. The van der Waals surface area contributed by atoms with E-state index in [2.05, 4.69) is 32.8 Å². The monoisotopic (exact) mass is 611 g/mol. The number of likely N-dealkylation sites (tertiary alicyclic amines) is 1. The number of carbonyl (C=O) groups excluding carboxylic acids is 1. The zero-order valence-corrected chi connectivity index (χ0v) is 22.2. The molecule has 1 spiro atoms. The fourth-order valence-electron chi connectivity index (χ4n) is 4.56. The second-order valence-corrected chi connectivity index (χ2v) is 10.5. The molecule has 4 heterocycles. The van der Waals surface area contributed by atoms with E-state index < -0.39 is 29.9 Å². The van der Waals surface area contributed by atoms with Gasteiger partial charge >= 0.3 is 24.3 Å². The molecule has 5 rings (SSSR count). The topological polar surface area (TPSA) is 120 Å². The number of carbonyl (C=O) groups is 3. The van der Waals surface area contributed by atoms with Crippen LogP contribution >= 0.6 is 11.3 Å². The van der Waals surface area contributed by atoms with Crippen molar-refractivity contribution >= 4 is 29.2 Å². The van der Waals surface area contributed by atoms with Crippen LogP contribution in [0.3, 0.4) is 0 Å². The van der Waals surface area contributed by atoms with Crippen molar-refractivity contribution in [2.24, 2.45) is 5.92 Å². The second kappa shape index (κ2) is 13.2. The fraction of sp³-hybridized carbons (Fsp3) is 0.520. The number of rotatable bonds is 5. The summed E-state index contributed by atoms with van der Waals surface area (Å²) in [5.74, 6) is -4.52. The molecule has 1 amide bonds. The van der Waals surface area contributed by atoms with Crippen molar-refractivity contribution in [1.82, 2.24) is 14.8 Å². The van der Waals surface area contributed by atoms with Crippen LogP contribution in [0.5, 0.6) is 0 Å². The van der Waals surface area contributed by atoms with Gasteiger partial charge in [-0.05, 0) is 52.8 Å². The van der Waals surface area contributed by atoms with Gasteiger partial charge in [0.15, 0.2) is 5.60 Å². The maximum atomic E-state index is 13.7. The molecule has 2 unspecified atom stereocenters. The van der Waals surface area contributed by atoms with E-state index in [0.29, 0.717) is 26.2 Å². The SMILES string of the molecule is O=C(O)C(F)(F)F.O=C(O)C(F)(F)F.O=C1N(Cc2ccsc2)CCOC12CN(CC1CC1)CC2c1cccnc1. The predicted molar refractivity (Wildman–Crippen MR) is 132 cm³/mol. The molecule has 3 fully saturated rings. The van der Waals surface area contributed by atoms with Crippen LogP contribution in [-0.4, -0.2) is 93.6 Å². The number of hydrogen-bond donors (Lipinski definition) is 2. The second-order valence-electron chi connectivity index (χ2n) is 9.68. The average molecular weight is 612 g/mol. The molecule has 1 aliphatic carbocycles.